The van der Waals surface area contributed by atoms with Gasteiger partial charge in [-0.2, -0.15) is 0 Å². The summed E-state index contributed by atoms with van der Waals surface area (Å²) in [5, 5.41) is 2.98. The highest BCUT2D eigenvalue weighted by molar-refractivity contribution is 5.93. The van der Waals surface area contributed by atoms with Gasteiger partial charge < -0.3 is 10.1 Å². The third kappa shape index (κ3) is 6.24. The smallest absolute Gasteiger partial charge is 0.238 e. The van der Waals surface area contributed by atoms with Gasteiger partial charge in [0.2, 0.25) is 5.91 Å². The normalized spacial score (nSPS) is 10.9. The third-order valence-electron chi connectivity index (χ3n) is 3.93. The molecule has 2 aromatic rings. The van der Waals surface area contributed by atoms with Crippen LogP contribution in [-0.2, 0) is 11.3 Å². The molecule has 0 saturated heterocycles. The van der Waals surface area contributed by atoms with Gasteiger partial charge in [0.15, 0.2) is 0 Å². The van der Waals surface area contributed by atoms with E-state index in [1.807, 2.05) is 42.5 Å². The summed E-state index contributed by atoms with van der Waals surface area (Å²) in [7, 11) is 0. The Kier molecular flexibility index (Phi) is 7.48. The van der Waals surface area contributed by atoms with Crippen LogP contribution >= 0.6 is 0 Å². The summed E-state index contributed by atoms with van der Waals surface area (Å²) >= 11 is 0. The third-order valence-corrected chi connectivity index (χ3v) is 3.93. The minimum atomic E-state index is -0.0304. The van der Waals surface area contributed by atoms with Crippen LogP contribution in [0.1, 0.15) is 32.8 Å². The molecule has 2 aromatic carbocycles. The Morgan fingerprint density at radius 2 is 1.76 bits per heavy atom. The van der Waals surface area contributed by atoms with Crippen LogP contribution in [0, 0.1) is 0 Å². The molecule has 2 rings (SSSR count). The van der Waals surface area contributed by atoms with Gasteiger partial charge in [0.25, 0.3) is 0 Å². The van der Waals surface area contributed by atoms with Crippen molar-refractivity contribution in [1.29, 1.82) is 0 Å². The van der Waals surface area contributed by atoms with Crippen molar-refractivity contribution in [3.05, 3.63) is 60.2 Å². The Hall–Kier alpha value is -2.33. The first-order valence-electron chi connectivity index (χ1n) is 8.89. The van der Waals surface area contributed by atoms with Crippen molar-refractivity contribution in [1.82, 2.24) is 4.90 Å². The van der Waals surface area contributed by atoms with Crippen LogP contribution in [-0.4, -0.2) is 30.0 Å². The Morgan fingerprint density at radius 3 is 2.44 bits per heavy atom. The van der Waals surface area contributed by atoms with E-state index in [0.29, 0.717) is 13.2 Å². The second-order valence-electron chi connectivity index (χ2n) is 6.38. The Morgan fingerprint density at radius 1 is 1.08 bits per heavy atom. The molecule has 0 radical (unpaired) electrons. The van der Waals surface area contributed by atoms with Crippen molar-refractivity contribution < 1.29 is 9.53 Å². The van der Waals surface area contributed by atoms with Crippen LogP contribution in [0.4, 0.5) is 5.69 Å². The van der Waals surface area contributed by atoms with E-state index in [1.54, 1.807) is 0 Å². The molecule has 0 atom stereocenters. The SMILES string of the molecule is CCCOc1ccccc1NC(=O)CN(Cc1ccccc1)C(C)C. The zero-order valence-electron chi connectivity index (χ0n) is 15.4. The molecule has 0 bridgehead atoms. The van der Waals surface area contributed by atoms with Crippen molar-refractivity contribution >= 4 is 11.6 Å². The minimum absolute atomic E-state index is 0.0304. The molecule has 0 aliphatic carbocycles. The summed E-state index contributed by atoms with van der Waals surface area (Å²) in [6, 6.07) is 18.1. The predicted octanol–water partition coefficient (Wildman–Crippen LogP) is 4.32. The van der Waals surface area contributed by atoms with E-state index in [9.17, 15) is 4.79 Å². The van der Waals surface area contributed by atoms with Gasteiger partial charge in [0.05, 0.1) is 18.8 Å². The first kappa shape index (κ1) is 19.0. The molecule has 0 unspecified atom stereocenters. The summed E-state index contributed by atoms with van der Waals surface area (Å²) in [6.07, 6.45) is 0.931. The average Bonchev–Trinajstić information content (AvgIpc) is 2.61. The zero-order chi connectivity index (χ0) is 18.1. The van der Waals surface area contributed by atoms with Crippen LogP contribution < -0.4 is 10.1 Å². The van der Waals surface area contributed by atoms with Gasteiger partial charge in [0, 0.05) is 12.6 Å². The first-order chi connectivity index (χ1) is 12.1. The number of hydrogen-bond acceptors (Lipinski definition) is 3. The molecule has 134 valence electrons. The van der Waals surface area contributed by atoms with E-state index in [4.69, 9.17) is 4.74 Å². The van der Waals surface area contributed by atoms with E-state index in [2.05, 4.69) is 43.1 Å². The monoisotopic (exact) mass is 340 g/mol. The Balaban J connectivity index is 2.00. The zero-order valence-corrected chi connectivity index (χ0v) is 15.4. The van der Waals surface area contributed by atoms with Gasteiger partial charge in [-0.05, 0) is 38.0 Å². The van der Waals surface area contributed by atoms with Crippen LogP contribution in [0.3, 0.4) is 0 Å². The lowest BCUT2D eigenvalue weighted by molar-refractivity contribution is -0.117. The fraction of sp³-hybridized carbons (Fsp3) is 0.381. The van der Waals surface area contributed by atoms with E-state index < -0.39 is 0 Å². The highest BCUT2D eigenvalue weighted by Crippen LogP contribution is 2.24. The number of para-hydroxylation sites is 2. The van der Waals surface area contributed by atoms with Gasteiger partial charge in [-0.25, -0.2) is 0 Å². The number of anilines is 1. The van der Waals surface area contributed by atoms with Crippen LogP contribution in [0.15, 0.2) is 54.6 Å². The predicted molar refractivity (Wildman–Crippen MR) is 103 cm³/mol. The number of carbonyl (C=O) groups is 1. The molecule has 0 aliphatic rings. The summed E-state index contributed by atoms with van der Waals surface area (Å²) < 4.78 is 5.71. The van der Waals surface area contributed by atoms with Gasteiger partial charge in [0.1, 0.15) is 5.75 Å². The molecular formula is C21H28N2O2. The lowest BCUT2D eigenvalue weighted by Gasteiger charge is -2.26. The number of carbonyl (C=O) groups excluding carboxylic acids is 1. The standard InChI is InChI=1S/C21H28N2O2/c1-4-14-25-20-13-9-8-12-19(20)22-21(24)16-23(17(2)3)15-18-10-6-5-7-11-18/h5-13,17H,4,14-16H2,1-3H3,(H,22,24). The molecule has 4 nitrogen and oxygen atoms in total. The second kappa shape index (κ2) is 9.84. The minimum Gasteiger partial charge on any atom is -0.491 e. The first-order valence-corrected chi connectivity index (χ1v) is 8.89. The summed E-state index contributed by atoms with van der Waals surface area (Å²) in [5.41, 5.74) is 1.93. The lowest BCUT2D eigenvalue weighted by Crippen LogP contribution is -2.37. The number of rotatable bonds is 9. The Bertz CT molecular complexity index is 656. The molecule has 1 N–H and O–H groups in total. The number of nitrogens with zero attached hydrogens (tertiary/aromatic N) is 1. The van der Waals surface area contributed by atoms with E-state index in [-0.39, 0.29) is 11.9 Å². The molecule has 25 heavy (non-hydrogen) atoms. The lowest BCUT2D eigenvalue weighted by atomic mass is 10.2. The largest absolute Gasteiger partial charge is 0.491 e. The molecule has 0 fully saturated rings. The number of benzene rings is 2. The second-order valence-corrected chi connectivity index (χ2v) is 6.38. The molecular weight excluding hydrogens is 312 g/mol. The fourth-order valence-electron chi connectivity index (χ4n) is 2.52. The van der Waals surface area contributed by atoms with Crippen LogP contribution in [0.2, 0.25) is 0 Å². The number of amides is 1. The molecule has 0 aromatic heterocycles. The topological polar surface area (TPSA) is 41.6 Å². The molecule has 0 heterocycles. The highest BCUT2D eigenvalue weighted by Gasteiger charge is 2.16. The maximum atomic E-state index is 12.5. The van der Waals surface area contributed by atoms with E-state index in [1.165, 1.54) is 5.56 Å². The molecule has 0 saturated carbocycles. The number of hydrogen-bond donors (Lipinski definition) is 1. The van der Waals surface area contributed by atoms with Crippen molar-refractivity contribution in [3.8, 4) is 5.75 Å². The quantitative estimate of drug-likeness (QED) is 0.739. The number of ether oxygens (including phenoxy) is 1. The maximum Gasteiger partial charge on any atom is 0.238 e. The van der Waals surface area contributed by atoms with Gasteiger partial charge in [-0.15, -0.1) is 0 Å². The maximum absolute atomic E-state index is 12.5. The summed E-state index contributed by atoms with van der Waals surface area (Å²) in [4.78, 5) is 14.7. The van der Waals surface area contributed by atoms with Crippen molar-refractivity contribution in [3.63, 3.8) is 0 Å². The average molecular weight is 340 g/mol. The summed E-state index contributed by atoms with van der Waals surface area (Å²) in [6.45, 7) is 8.00. The molecule has 0 spiro atoms. The van der Waals surface area contributed by atoms with Gasteiger partial charge in [-0.1, -0.05) is 49.4 Å². The molecule has 4 heteroatoms. The number of nitrogens with one attached hydrogen (secondary N) is 1. The van der Waals surface area contributed by atoms with Gasteiger partial charge in [-0.3, -0.25) is 9.69 Å². The van der Waals surface area contributed by atoms with Crippen LogP contribution in [0.5, 0.6) is 5.75 Å². The van der Waals surface area contributed by atoms with E-state index >= 15 is 0 Å². The van der Waals surface area contributed by atoms with Crippen LogP contribution in [0.25, 0.3) is 0 Å². The van der Waals surface area contributed by atoms with Crippen molar-refractivity contribution in [2.45, 2.75) is 39.8 Å². The van der Waals surface area contributed by atoms with E-state index in [0.717, 1.165) is 24.4 Å². The Labute approximate surface area is 150 Å². The fourth-order valence-corrected chi connectivity index (χ4v) is 2.52. The van der Waals surface area contributed by atoms with Gasteiger partial charge >= 0.3 is 0 Å². The summed E-state index contributed by atoms with van der Waals surface area (Å²) in [5.74, 6) is 0.689. The highest BCUT2D eigenvalue weighted by atomic mass is 16.5. The molecule has 1 amide bonds. The molecule has 0 aliphatic heterocycles. The van der Waals surface area contributed by atoms with Crippen molar-refractivity contribution in [2.75, 3.05) is 18.5 Å². The van der Waals surface area contributed by atoms with Crippen molar-refractivity contribution in [2.24, 2.45) is 0 Å².